The standard InChI is InChI=1S/C11H14ClN3/c1-8-14-11(12)10-4-3-9(5-6-13-2)7-15(8)10/h3-4,7,13H,5-6H2,1-2H3. The monoisotopic (exact) mass is 223 g/mol. The molecule has 15 heavy (non-hydrogen) atoms. The predicted octanol–water partition coefficient (Wildman–Crippen LogP) is 2.06. The van der Waals surface area contributed by atoms with E-state index in [-0.39, 0.29) is 0 Å². The lowest BCUT2D eigenvalue weighted by Crippen LogP contribution is -2.10. The van der Waals surface area contributed by atoms with E-state index in [1.54, 1.807) is 0 Å². The Morgan fingerprint density at radius 1 is 1.47 bits per heavy atom. The van der Waals surface area contributed by atoms with E-state index in [1.165, 1.54) is 5.56 Å². The maximum Gasteiger partial charge on any atom is 0.155 e. The molecule has 2 heterocycles. The normalized spacial score (nSPS) is 11.1. The van der Waals surface area contributed by atoms with E-state index in [1.807, 2.05) is 24.4 Å². The number of aromatic nitrogens is 2. The summed E-state index contributed by atoms with van der Waals surface area (Å²) in [6, 6.07) is 4.12. The highest BCUT2D eigenvalue weighted by Crippen LogP contribution is 2.18. The third-order valence-corrected chi connectivity index (χ3v) is 2.77. The van der Waals surface area contributed by atoms with Gasteiger partial charge >= 0.3 is 0 Å². The van der Waals surface area contributed by atoms with Gasteiger partial charge in [0.1, 0.15) is 5.82 Å². The largest absolute Gasteiger partial charge is 0.319 e. The van der Waals surface area contributed by atoms with Gasteiger partial charge in [-0.15, -0.1) is 0 Å². The maximum atomic E-state index is 5.99. The fourth-order valence-electron chi connectivity index (χ4n) is 1.65. The Hall–Kier alpha value is -1.06. The summed E-state index contributed by atoms with van der Waals surface area (Å²) < 4.78 is 2.04. The molecule has 1 N–H and O–H groups in total. The van der Waals surface area contributed by atoms with Crippen LogP contribution in [0.5, 0.6) is 0 Å². The van der Waals surface area contributed by atoms with Crippen LogP contribution in [0.25, 0.3) is 5.52 Å². The van der Waals surface area contributed by atoms with E-state index in [4.69, 9.17) is 11.6 Å². The first-order valence-corrected chi connectivity index (χ1v) is 5.38. The Kier molecular flexibility index (Phi) is 2.93. The smallest absolute Gasteiger partial charge is 0.155 e. The second-order valence-electron chi connectivity index (χ2n) is 3.60. The molecule has 0 unspecified atom stereocenters. The van der Waals surface area contributed by atoms with Crippen LogP contribution in [0.3, 0.4) is 0 Å². The average molecular weight is 224 g/mol. The topological polar surface area (TPSA) is 29.3 Å². The van der Waals surface area contributed by atoms with Crippen LogP contribution < -0.4 is 5.32 Å². The maximum absolute atomic E-state index is 5.99. The van der Waals surface area contributed by atoms with Crippen molar-refractivity contribution < 1.29 is 0 Å². The Balaban J connectivity index is 2.41. The zero-order chi connectivity index (χ0) is 10.8. The van der Waals surface area contributed by atoms with Crippen molar-refractivity contribution in [2.75, 3.05) is 13.6 Å². The zero-order valence-electron chi connectivity index (χ0n) is 8.92. The molecule has 0 saturated carbocycles. The summed E-state index contributed by atoms with van der Waals surface area (Å²) in [5.41, 5.74) is 2.26. The summed E-state index contributed by atoms with van der Waals surface area (Å²) in [4.78, 5) is 4.22. The van der Waals surface area contributed by atoms with Gasteiger partial charge in [-0.05, 0) is 38.6 Å². The number of pyridine rings is 1. The molecule has 3 nitrogen and oxygen atoms in total. The fourth-order valence-corrected chi connectivity index (χ4v) is 1.93. The summed E-state index contributed by atoms with van der Waals surface area (Å²) in [7, 11) is 1.96. The number of aryl methyl sites for hydroxylation is 1. The number of likely N-dealkylation sites (N-methyl/N-ethyl adjacent to an activating group) is 1. The van der Waals surface area contributed by atoms with Gasteiger partial charge in [0.05, 0.1) is 5.52 Å². The molecule has 0 fully saturated rings. The van der Waals surface area contributed by atoms with Crippen molar-refractivity contribution >= 4 is 17.1 Å². The molecule has 0 aromatic carbocycles. The van der Waals surface area contributed by atoms with Crippen molar-refractivity contribution in [2.24, 2.45) is 0 Å². The third-order valence-electron chi connectivity index (χ3n) is 2.49. The summed E-state index contributed by atoms with van der Waals surface area (Å²) in [6.07, 6.45) is 3.11. The van der Waals surface area contributed by atoms with Crippen LogP contribution in [0.15, 0.2) is 18.3 Å². The molecule has 0 saturated heterocycles. The number of imidazole rings is 1. The van der Waals surface area contributed by atoms with Gasteiger partial charge in [-0.3, -0.25) is 0 Å². The van der Waals surface area contributed by atoms with Crippen molar-refractivity contribution in [2.45, 2.75) is 13.3 Å². The van der Waals surface area contributed by atoms with Gasteiger partial charge in [-0.25, -0.2) is 4.98 Å². The Morgan fingerprint density at radius 2 is 2.27 bits per heavy atom. The molecule has 0 aliphatic carbocycles. The molecule has 0 aliphatic rings. The zero-order valence-corrected chi connectivity index (χ0v) is 9.67. The van der Waals surface area contributed by atoms with Gasteiger partial charge in [0.25, 0.3) is 0 Å². The lowest BCUT2D eigenvalue weighted by Gasteiger charge is -2.03. The van der Waals surface area contributed by atoms with Crippen LogP contribution >= 0.6 is 11.6 Å². The minimum atomic E-state index is 0.577. The second kappa shape index (κ2) is 4.21. The highest BCUT2D eigenvalue weighted by atomic mass is 35.5. The number of rotatable bonds is 3. The van der Waals surface area contributed by atoms with Crippen LogP contribution in [0.1, 0.15) is 11.4 Å². The van der Waals surface area contributed by atoms with Gasteiger partial charge in [-0.1, -0.05) is 17.7 Å². The number of nitrogens with one attached hydrogen (secondary N) is 1. The SMILES string of the molecule is CNCCc1ccc2c(Cl)nc(C)n2c1. The highest BCUT2D eigenvalue weighted by Gasteiger charge is 2.05. The van der Waals surface area contributed by atoms with Crippen LogP contribution in [-0.2, 0) is 6.42 Å². The minimum absolute atomic E-state index is 0.577. The van der Waals surface area contributed by atoms with Crippen molar-refractivity contribution in [3.05, 3.63) is 34.9 Å². The van der Waals surface area contributed by atoms with Crippen molar-refractivity contribution in [3.8, 4) is 0 Å². The lowest BCUT2D eigenvalue weighted by atomic mass is 10.2. The van der Waals surface area contributed by atoms with Gasteiger partial charge in [0.15, 0.2) is 5.15 Å². The molecular weight excluding hydrogens is 210 g/mol. The minimum Gasteiger partial charge on any atom is -0.319 e. The van der Waals surface area contributed by atoms with Crippen LogP contribution in [-0.4, -0.2) is 23.0 Å². The molecule has 2 rings (SSSR count). The number of halogens is 1. The number of nitrogens with zero attached hydrogens (tertiary/aromatic N) is 2. The molecule has 0 atom stereocenters. The molecule has 0 aliphatic heterocycles. The molecule has 4 heteroatoms. The molecule has 2 aromatic rings. The van der Waals surface area contributed by atoms with Gasteiger partial charge in [-0.2, -0.15) is 0 Å². The third kappa shape index (κ3) is 1.98. The quantitative estimate of drug-likeness (QED) is 0.863. The molecular formula is C11H14ClN3. The first-order chi connectivity index (χ1) is 7.22. The summed E-state index contributed by atoms with van der Waals surface area (Å²) in [5, 5.41) is 3.71. The average Bonchev–Trinajstić information content (AvgIpc) is 2.52. The summed E-state index contributed by atoms with van der Waals surface area (Å²) in [5.74, 6) is 0.932. The van der Waals surface area contributed by atoms with Gasteiger partial charge in [0, 0.05) is 6.20 Å². The molecule has 0 amide bonds. The number of hydrogen-bond acceptors (Lipinski definition) is 2. The Labute approximate surface area is 94.1 Å². The highest BCUT2D eigenvalue weighted by molar-refractivity contribution is 6.32. The van der Waals surface area contributed by atoms with Crippen LogP contribution in [0, 0.1) is 6.92 Å². The second-order valence-corrected chi connectivity index (χ2v) is 3.95. The van der Waals surface area contributed by atoms with Gasteiger partial charge < -0.3 is 9.72 Å². The molecule has 0 radical (unpaired) electrons. The first-order valence-electron chi connectivity index (χ1n) is 5.00. The van der Waals surface area contributed by atoms with Gasteiger partial charge in [0.2, 0.25) is 0 Å². The number of fused-ring (bicyclic) bond motifs is 1. The molecule has 2 aromatic heterocycles. The van der Waals surface area contributed by atoms with E-state index in [0.29, 0.717) is 5.15 Å². The Bertz CT molecular complexity index is 476. The summed E-state index contributed by atoms with van der Waals surface area (Å²) >= 11 is 5.99. The lowest BCUT2D eigenvalue weighted by molar-refractivity contribution is 0.787. The number of hydrogen-bond donors (Lipinski definition) is 1. The Morgan fingerprint density at radius 3 is 3.00 bits per heavy atom. The summed E-state index contributed by atoms with van der Waals surface area (Å²) in [6.45, 7) is 2.94. The molecule has 0 spiro atoms. The molecule has 0 bridgehead atoms. The van der Waals surface area contributed by atoms with E-state index >= 15 is 0 Å². The molecule has 80 valence electrons. The fraction of sp³-hybridized carbons (Fsp3) is 0.364. The first kappa shape index (κ1) is 10.5. The van der Waals surface area contributed by atoms with Crippen molar-refractivity contribution in [3.63, 3.8) is 0 Å². The van der Waals surface area contributed by atoms with Crippen molar-refractivity contribution in [1.82, 2.24) is 14.7 Å². The van der Waals surface area contributed by atoms with Crippen LogP contribution in [0.2, 0.25) is 5.15 Å². The van der Waals surface area contributed by atoms with Crippen molar-refractivity contribution in [1.29, 1.82) is 0 Å². The van der Waals surface area contributed by atoms with E-state index < -0.39 is 0 Å². The predicted molar refractivity (Wildman–Crippen MR) is 62.6 cm³/mol. The van der Waals surface area contributed by atoms with Crippen LogP contribution in [0.4, 0.5) is 0 Å². The van der Waals surface area contributed by atoms with E-state index in [2.05, 4.69) is 22.6 Å². The van der Waals surface area contributed by atoms with E-state index in [9.17, 15) is 0 Å². The van der Waals surface area contributed by atoms with E-state index in [0.717, 1.165) is 24.3 Å².